The molecular weight excluding hydrogens is 234 g/mol. The van der Waals surface area contributed by atoms with Gasteiger partial charge in [-0.25, -0.2) is 0 Å². The molecule has 102 valence electrons. The van der Waals surface area contributed by atoms with Gasteiger partial charge >= 0.3 is 0 Å². The Morgan fingerprint density at radius 1 is 1.44 bits per heavy atom. The summed E-state index contributed by atoms with van der Waals surface area (Å²) < 4.78 is 5.23. The van der Waals surface area contributed by atoms with Gasteiger partial charge in [0.15, 0.2) is 0 Å². The highest BCUT2D eigenvalue weighted by atomic mass is 16.5. The monoisotopic (exact) mass is 255 g/mol. The Morgan fingerprint density at radius 3 is 2.61 bits per heavy atom. The maximum absolute atomic E-state index is 12.4. The molecule has 0 unspecified atom stereocenters. The van der Waals surface area contributed by atoms with Crippen LogP contribution in [0, 0.1) is 0 Å². The van der Waals surface area contributed by atoms with Gasteiger partial charge in [0, 0.05) is 19.6 Å². The van der Waals surface area contributed by atoms with Crippen molar-refractivity contribution in [2.45, 2.75) is 31.8 Å². The normalized spacial score (nSPS) is 26.6. The molecule has 2 N–H and O–H groups in total. The maximum atomic E-state index is 12.4. The fourth-order valence-corrected chi connectivity index (χ4v) is 2.56. The quantitative estimate of drug-likeness (QED) is 0.715. The van der Waals surface area contributed by atoms with Crippen molar-refractivity contribution in [2.24, 2.45) is 5.73 Å². The van der Waals surface area contributed by atoms with Crippen molar-refractivity contribution < 1.29 is 14.3 Å². The molecule has 2 aliphatic rings. The highest BCUT2D eigenvalue weighted by molar-refractivity contribution is 5.91. The van der Waals surface area contributed by atoms with E-state index >= 15 is 0 Å². The molecule has 6 nitrogen and oxygen atoms in total. The van der Waals surface area contributed by atoms with Crippen molar-refractivity contribution in [3.8, 4) is 0 Å². The minimum absolute atomic E-state index is 0.0308. The first kappa shape index (κ1) is 13.3. The zero-order chi connectivity index (χ0) is 13.1. The van der Waals surface area contributed by atoms with Crippen LogP contribution in [0.2, 0.25) is 0 Å². The van der Waals surface area contributed by atoms with Crippen LogP contribution in [0.3, 0.4) is 0 Å². The second-order valence-electron chi connectivity index (χ2n) is 4.79. The van der Waals surface area contributed by atoms with Crippen LogP contribution in [-0.4, -0.2) is 66.5 Å². The van der Waals surface area contributed by atoms with Crippen LogP contribution in [0.1, 0.15) is 19.8 Å². The fraction of sp³-hybridized carbons (Fsp3) is 0.833. The summed E-state index contributed by atoms with van der Waals surface area (Å²) in [4.78, 5) is 27.7. The first-order valence-electron chi connectivity index (χ1n) is 6.57. The minimum Gasteiger partial charge on any atom is -0.378 e. The number of likely N-dealkylation sites (tertiary alicyclic amines) is 1. The Bertz CT molecular complexity index is 329. The highest BCUT2D eigenvalue weighted by Crippen LogP contribution is 2.17. The summed E-state index contributed by atoms with van der Waals surface area (Å²) in [7, 11) is 0. The van der Waals surface area contributed by atoms with Gasteiger partial charge in [-0.15, -0.1) is 0 Å². The molecule has 2 atom stereocenters. The van der Waals surface area contributed by atoms with Crippen LogP contribution in [0.15, 0.2) is 0 Å². The van der Waals surface area contributed by atoms with E-state index in [1.165, 1.54) is 0 Å². The summed E-state index contributed by atoms with van der Waals surface area (Å²) in [5, 5.41) is 0. The Kier molecular flexibility index (Phi) is 4.19. The average Bonchev–Trinajstić information content (AvgIpc) is 2.73. The molecule has 2 aliphatic heterocycles. The molecule has 0 aromatic carbocycles. The number of ether oxygens (including phenoxy) is 1. The van der Waals surface area contributed by atoms with Crippen molar-refractivity contribution in [3.63, 3.8) is 0 Å². The lowest BCUT2D eigenvalue weighted by atomic mass is 10.1. The maximum Gasteiger partial charge on any atom is 0.245 e. The van der Waals surface area contributed by atoms with Gasteiger partial charge < -0.3 is 20.3 Å². The van der Waals surface area contributed by atoms with Gasteiger partial charge in [-0.05, 0) is 12.8 Å². The number of nitrogens with zero attached hydrogens (tertiary/aromatic N) is 2. The summed E-state index contributed by atoms with van der Waals surface area (Å²) in [5.41, 5.74) is 5.70. The SMILES string of the molecule is CC[C@H](C(=O)N1CCOCC1)N1CC[C@H](N)C1=O. The van der Waals surface area contributed by atoms with E-state index in [-0.39, 0.29) is 17.9 Å². The molecule has 2 fully saturated rings. The third-order valence-electron chi connectivity index (χ3n) is 3.65. The van der Waals surface area contributed by atoms with Gasteiger partial charge in [0.25, 0.3) is 0 Å². The van der Waals surface area contributed by atoms with E-state index in [1.54, 1.807) is 9.80 Å². The molecule has 0 radical (unpaired) electrons. The number of carbonyl (C=O) groups excluding carboxylic acids is 2. The van der Waals surface area contributed by atoms with Crippen LogP contribution in [-0.2, 0) is 14.3 Å². The third-order valence-corrected chi connectivity index (χ3v) is 3.65. The van der Waals surface area contributed by atoms with E-state index in [1.807, 2.05) is 6.92 Å². The Hall–Kier alpha value is -1.14. The van der Waals surface area contributed by atoms with Crippen LogP contribution in [0.4, 0.5) is 0 Å². The second kappa shape index (κ2) is 5.67. The van der Waals surface area contributed by atoms with Crippen LogP contribution in [0.5, 0.6) is 0 Å². The Labute approximate surface area is 107 Å². The number of morpholine rings is 1. The molecule has 0 aromatic rings. The third kappa shape index (κ3) is 2.49. The van der Waals surface area contributed by atoms with Crippen molar-refractivity contribution in [1.82, 2.24) is 9.80 Å². The molecule has 0 spiro atoms. The summed E-state index contributed by atoms with van der Waals surface area (Å²) in [6, 6.07) is -0.791. The topological polar surface area (TPSA) is 75.9 Å². The lowest BCUT2D eigenvalue weighted by Gasteiger charge is -2.34. The molecule has 18 heavy (non-hydrogen) atoms. The second-order valence-corrected chi connectivity index (χ2v) is 4.79. The zero-order valence-corrected chi connectivity index (χ0v) is 10.8. The van der Waals surface area contributed by atoms with E-state index in [0.717, 1.165) is 0 Å². The fourth-order valence-electron chi connectivity index (χ4n) is 2.56. The van der Waals surface area contributed by atoms with Crippen molar-refractivity contribution >= 4 is 11.8 Å². The molecule has 2 saturated heterocycles. The minimum atomic E-state index is -0.434. The van der Waals surface area contributed by atoms with E-state index in [4.69, 9.17) is 10.5 Å². The predicted octanol–water partition coefficient (Wildman–Crippen LogP) is -0.817. The van der Waals surface area contributed by atoms with Gasteiger partial charge in [-0.1, -0.05) is 6.92 Å². The molecule has 6 heteroatoms. The number of hydrogen-bond acceptors (Lipinski definition) is 4. The number of amides is 2. The first-order valence-corrected chi connectivity index (χ1v) is 6.57. The van der Waals surface area contributed by atoms with Gasteiger partial charge in [0.1, 0.15) is 6.04 Å². The number of carbonyl (C=O) groups is 2. The number of nitrogens with two attached hydrogens (primary N) is 1. The van der Waals surface area contributed by atoms with Crippen molar-refractivity contribution in [2.75, 3.05) is 32.8 Å². The Morgan fingerprint density at radius 2 is 2.11 bits per heavy atom. The van der Waals surface area contributed by atoms with Gasteiger partial charge in [0.05, 0.1) is 19.3 Å². The first-order chi connectivity index (χ1) is 8.65. The number of rotatable bonds is 3. The summed E-state index contributed by atoms with van der Waals surface area (Å²) in [5.74, 6) is -0.0632. The van der Waals surface area contributed by atoms with Crippen molar-refractivity contribution in [3.05, 3.63) is 0 Å². The largest absolute Gasteiger partial charge is 0.378 e. The summed E-state index contributed by atoms with van der Waals surface area (Å²) in [6.45, 7) is 4.91. The van der Waals surface area contributed by atoms with Gasteiger partial charge in [-0.3, -0.25) is 9.59 Å². The van der Waals surface area contributed by atoms with Gasteiger partial charge in [-0.2, -0.15) is 0 Å². The molecule has 2 amide bonds. The molecule has 2 rings (SSSR count). The van der Waals surface area contributed by atoms with E-state index in [9.17, 15) is 9.59 Å². The van der Waals surface area contributed by atoms with Crippen LogP contribution >= 0.6 is 0 Å². The smallest absolute Gasteiger partial charge is 0.245 e. The van der Waals surface area contributed by atoms with Crippen LogP contribution in [0.25, 0.3) is 0 Å². The molecule has 0 bridgehead atoms. The van der Waals surface area contributed by atoms with Crippen molar-refractivity contribution in [1.29, 1.82) is 0 Å². The lowest BCUT2D eigenvalue weighted by molar-refractivity contribution is -0.146. The zero-order valence-electron chi connectivity index (χ0n) is 10.8. The summed E-state index contributed by atoms with van der Waals surface area (Å²) >= 11 is 0. The standard InChI is InChI=1S/C12H21N3O3/c1-2-10(15-4-3-9(13)11(15)16)12(17)14-5-7-18-8-6-14/h9-10H,2-8,13H2,1H3/t9-,10+/m0/s1. The highest BCUT2D eigenvalue weighted by Gasteiger charge is 2.38. The van der Waals surface area contributed by atoms with E-state index in [0.29, 0.717) is 45.7 Å². The predicted molar refractivity (Wildman–Crippen MR) is 65.8 cm³/mol. The molecule has 0 saturated carbocycles. The lowest BCUT2D eigenvalue weighted by Crippen LogP contribution is -2.53. The molecule has 2 heterocycles. The van der Waals surface area contributed by atoms with E-state index in [2.05, 4.69) is 0 Å². The van der Waals surface area contributed by atoms with Gasteiger partial charge in [0.2, 0.25) is 11.8 Å². The summed E-state index contributed by atoms with van der Waals surface area (Å²) in [6.07, 6.45) is 1.28. The molecule has 0 aromatic heterocycles. The number of hydrogen-bond donors (Lipinski definition) is 1. The van der Waals surface area contributed by atoms with E-state index < -0.39 is 6.04 Å². The van der Waals surface area contributed by atoms with Crippen LogP contribution < -0.4 is 5.73 Å². The Balaban J connectivity index is 2.03. The molecular formula is C12H21N3O3. The molecule has 0 aliphatic carbocycles. The average molecular weight is 255 g/mol.